The molecule has 25 heavy (non-hydrogen) atoms. The number of nitrogens with one attached hydrogen (secondary N) is 1. The zero-order chi connectivity index (χ0) is 17.8. The number of allylic oxidation sites excluding steroid dienone is 2. The van der Waals surface area contributed by atoms with E-state index in [1.807, 2.05) is 31.2 Å². The summed E-state index contributed by atoms with van der Waals surface area (Å²) in [7, 11) is 0. The summed E-state index contributed by atoms with van der Waals surface area (Å²) in [5.41, 5.74) is 2.44. The van der Waals surface area contributed by atoms with Crippen LogP contribution in [-0.2, 0) is 0 Å². The molecule has 3 heterocycles. The lowest BCUT2D eigenvalue weighted by atomic mass is 10.2. The van der Waals surface area contributed by atoms with Crippen LogP contribution >= 0.6 is 15.9 Å². The number of rotatable bonds is 6. The second-order valence-electron chi connectivity index (χ2n) is 5.36. The van der Waals surface area contributed by atoms with Crippen molar-refractivity contribution in [1.29, 1.82) is 0 Å². The van der Waals surface area contributed by atoms with E-state index in [2.05, 4.69) is 38.0 Å². The van der Waals surface area contributed by atoms with Crippen LogP contribution in [0.25, 0.3) is 17.1 Å². The highest BCUT2D eigenvalue weighted by atomic mass is 79.9. The first-order valence-electron chi connectivity index (χ1n) is 7.47. The molecule has 0 spiro atoms. The molecule has 0 aliphatic heterocycles. The normalized spacial score (nSPS) is 12.2. The van der Waals surface area contributed by atoms with Crippen LogP contribution in [0.3, 0.4) is 0 Å². The van der Waals surface area contributed by atoms with Gasteiger partial charge in [-0.1, -0.05) is 11.6 Å². The lowest BCUT2D eigenvalue weighted by Gasteiger charge is -2.10. The van der Waals surface area contributed by atoms with Crippen molar-refractivity contribution in [2.24, 2.45) is 0 Å². The van der Waals surface area contributed by atoms with Crippen LogP contribution in [0, 0.1) is 5.21 Å². The average molecular weight is 402 g/mol. The molecule has 128 valence electrons. The fourth-order valence-electron chi connectivity index (χ4n) is 2.20. The van der Waals surface area contributed by atoms with Crippen molar-refractivity contribution in [2.75, 3.05) is 11.9 Å². The van der Waals surface area contributed by atoms with Crippen LogP contribution in [0.5, 0.6) is 0 Å². The summed E-state index contributed by atoms with van der Waals surface area (Å²) in [4.78, 5) is 4.58. The molecule has 8 heteroatoms. The van der Waals surface area contributed by atoms with Gasteiger partial charge in [0.1, 0.15) is 18.2 Å². The number of aromatic nitrogens is 3. The van der Waals surface area contributed by atoms with Gasteiger partial charge in [-0.2, -0.15) is 14.4 Å². The van der Waals surface area contributed by atoms with Crippen molar-refractivity contribution in [2.45, 2.75) is 6.92 Å². The highest BCUT2D eigenvalue weighted by Gasteiger charge is 2.12. The molecule has 0 bridgehead atoms. The molecular formula is C17H16BrN5O2. The average Bonchev–Trinajstić information content (AvgIpc) is 3.23. The van der Waals surface area contributed by atoms with E-state index in [1.54, 1.807) is 23.1 Å². The number of halogens is 1. The summed E-state index contributed by atoms with van der Waals surface area (Å²) in [6.07, 6.45) is 8.14. The Balaban J connectivity index is 1.89. The highest BCUT2D eigenvalue weighted by molar-refractivity contribution is 9.10. The maximum absolute atomic E-state index is 10.7. The summed E-state index contributed by atoms with van der Waals surface area (Å²) in [6.45, 7) is 5.75. The van der Waals surface area contributed by atoms with Crippen molar-refractivity contribution in [3.8, 4) is 11.5 Å². The molecule has 0 saturated carbocycles. The molecule has 3 aromatic rings. The molecular weight excluding hydrogens is 386 g/mol. The van der Waals surface area contributed by atoms with Crippen LogP contribution in [0.4, 0.5) is 5.82 Å². The second kappa shape index (κ2) is 7.35. The summed E-state index contributed by atoms with van der Waals surface area (Å²) in [6, 6.07) is 5.56. The van der Waals surface area contributed by atoms with E-state index in [9.17, 15) is 5.21 Å². The van der Waals surface area contributed by atoms with Crippen molar-refractivity contribution >= 4 is 34.1 Å². The van der Waals surface area contributed by atoms with Gasteiger partial charge in [-0.25, -0.2) is 4.98 Å². The van der Waals surface area contributed by atoms with Gasteiger partial charge < -0.3 is 14.9 Å². The summed E-state index contributed by atoms with van der Waals surface area (Å²) < 4.78 is 8.46. The maximum atomic E-state index is 10.7. The minimum absolute atomic E-state index is 0.501. The molecule has 7 nitrogen and oxygen atoms in total. The van der Waals surface area contributed by atoms with Gasteiger partial charge in [-0.3, -0.25) is 0 Å². The van der Waals surface area contributed by atoms with Gasteiger partial charge in [0.2, 0.25) is 0 Å². The molecule has 3 aromatic heterocycles. The van der Waals surface area contributed by atoms with Crippen molar-refractivity contribution in [3.63, 3.8) is 0 Å². The lowest BCUT2D eigenvalue weighted by Crippen LogP contribution is -2.08. The van der Waals surface area contributed by atoms with Gasteiger partial charge >= 0.3 is 0 Å². The van der Waals surface area contributed by atoms with Gasteiger partial charge in [-0.15, -0.1) is 0 Å². The molecule has 0 aromatic carbocycles. The summed E-state index contributed by atoms with van der Waals surface area (Å²) in [5, 5.41) is 18.4. The van der Waals surface area contributed by atoms with Crippen LogP contribution in [-0.4, -0.2) is 32.6 Å². The predicted octanol–water partition coefficient (Wildman–Crippen LogP) is 3.83. The first-order valence-corrected chi connectivity index (χ1v) is 8.27. The van der Waals surface area contributed by atoms with Crippen molar-refractivity contribution < 1.29 is 9.16 Å². The molecule has 0 fully saturated rings. The molecule has 3 rings (SSSR count). The van der Waals surface area contributed by atoms with Crippen LogP contribution in [0.15, 0.2) is 63.5 Å². The summed E-state index contributed by atoms with van der Waals surface area (Å²) in [5.74, 6) is 1.46. The number of hydroxylamine groups is 1. The number of hydrogen-bond donors (Lipinski definition) is 1. The zero-order valence-corrected chi connectivity index (χ0v) is 15.1. The predicted molar refractivity (Wildman–Crippen MR) is 101 cm³/mol. The molecule has 0 unspecified atom stereocenters. The SMILES string of the molecule is C=[N+]([O-])/C=C\C=C(/C)CNc1cc(-c2ccco2)nc2c(Br)cnn12. The number of anilines is 1. The third-order valence-corrected chi connectivity index (χ3v) is 3.94. The van der Waals surface area contributed by atoms with Gasteiger partial charge in [0.05, 0.1) is 16.9 Å². The lowest BCUT2D eigenvalue weighted by molar-refractivity contribution is -0.367. The largest absolute Gasteiger partial charge is 0.619 e. The Morgan fingerprint density at radius 3 is 3.12 bits per heavy atom. The molecule has 0 saturated heterocycles. The topological polar surface area (TPSA) is 81.4 Å². The minimum atomic E-state index is 0.501. The maximum Gasteiger partial charge on any atom is 0.179 e. The Morgan fingerprint density at radius 2 is 2.40 bits per heavy atom. The number of furan rings is 1. The van der Waals surface area contributed by atoms with Gasteiger partial charge in [0.25, 0.3) is 0 Å². The first-order chi connectivity index (χ1) is 12.0. The van der Waals surface area contributed by atoms with Crippen molar-refractivity contribution in [3.05, 3.63) is 64.3 Å². The Bertz CT molecular complexity index is 957. The molecule has 0 radical (unpaired) electrons. The third kappa shape index (κ3) is 3.97. The van der Waals surface area contributed by atoms with Crippen LogP contribution in [0.2, 0.25) is 0 Å². The van der Waals surface area contributed by atoms with E-state index in [1.165, 1.54) is 6.20 Å². The Hall–Kier alpha value is -2.87. The molecule has 0 atom stereocenters. The second-order valence-corrected chi connectivity index (χ2v) is 6.21. The van der Waals surface area contributed by atoms with E-state index in [0.29, 0.717) is 28.4 Å². The number of fused-ring (bicyclic) bond motifs is 1. The Kier molecular flexibility index (Phi) is 4.99. The van der Waals surface area contributed by atoms with Crippen LogP contribution in [0.1, 0.15) is 6.92 Å². The van der Waals surface area contributed by atoms with E-state index in [-0.39, 0.29) is 0 Å². The molecule has 1 N–H and O–H groups in total. The first kappa shape index (κ1) is 17.0. The highest BCUT2D eigenvalue weighted by Crippen LogP contribution is 2.26. The van der Waals surface area contributed by atoms with Crippen molar-refractivity contribution in [1.82, 2.24) is 14.6 Å². The fourth-order valence-corrected chi connectivity index (χ4v) is 2.55. The van der Waals surface area contributed by atoms with Gasteiger partial charge in [0, 0.05) is 18.7 Å². The van der Waals surface area contributed by atoms with E-state index < -0.39 is 0 Å². The van der Waals surface area contributed by atoms with E-state index in [4.69, 9.17) is 4.42 Å². The van der Waals surface area contributed by atoms with Gasteiger partial charge in [0.15, 0.2) is 17.6 Å². The van der Waals surface area contributed by atoms with E-state index in [0.717, 1.165) is 15.9 Å². The van der Waals surface area contributed by atoms with E-state index >= 15 is 0 Å². The molecule has 0 aliphatic rings. The number of nitrogens with zero attached hydrogens (tertiary/aromatic N) is 4. The van der Waals surface area contributed by atoms with Gasteiger partial charge in [-0.05, 0) is 35.0 Å². The minimum Gasteiger partial charge on any atom is -0.619 e. The Labute approximate surface area is 152 Å². The Morgan fingerprint density at radius 1 is 1.56 bits per heavy atom. The number of hydrogen-bond acceptors (Lipinski definition) is 5. The molecule has 0 amide bonds. The fraction of sp³-hybridized carbons (Fsp3) is 0.118. The zero-order valence-electron chi connectivity index (χ0n) is 13.5. The molecule has 0 aliphatic carbocycles. The summed E-state index contributed by atoms with van der Waals surface area (Å²) >= 11 is 3.46. The quantitative estimate of drug-likeness (QED) is 0.223. The van der Waals surface area contributed by atoms with Crippen LogP contribution < -0.4 is 5.32 Å². The smallest absolute Gasteiger partial charge is 0.179 e. The monoisotopic (exact) mass is 401 g/mol. The standard InChI is InChI=1S/C17H16BrN5O2/c1-12(5-3-7-22(2)24)10-19-16-9-14(15-6-4-8-25-15)21-17-13(18)11-20-23(16)17/h3-9,11,19H,2,10H2,1H3/b7-3-,12-5+. The third-order valence-electron chi connectivity index (χ3n) is 3.38.